The van der Waals surface area contributed by atoms with Gasteiger partial charge in [-0.25, -0.2) is 8.78 Å². The van der Waals surface area contributed by atoms with Crippen molar-refractivity contribution in [3.05, 3.63) is 0 Å². The fourth-order valence-electron chi connectivity index (χ4n) is 3.01. The van der Waals surface area contributed by atoms with Crippen molar-refractivity contribution >= 4 is 0 Å². The molecule has 3 atom stereocenters. The largest absolute Gasteiger partial charge is 0.314 e. The molecule has 1 saturated carbocycles. The van der Waals surface area contributed by atoms with Crippen LogP contribution in [0.15, 0.2) is 0 Å². The highest BCUT2D eigenvalue weighted by Gasteiger charge is 2.29. The Morgan fingerprint density at radius 1 is 1.33 bits per heavy atom. The van der Waals surface area contributed by atoms with Crippen LogP contribution >= 0.6 is 0 Å². The predicted molar refractivity (Wildman–Crippen MR) is 72.1 cm³/mol. The summed E-state index contributed by atoms with van der Waals surface area (Å²) in [5.41, 5.74) is 0. The van der Waals surface area contributed by atoms with Gasteiger partial charge >= 0.3 is 0 Å². The van der Waals surface area contributed by atoms with Gasteiger partial charge in [0, 0.05) is 12.6 Å². The standard InChI is InChI=1S/C14H28F2N2/c1-4-7-17-13-6-5-11(2)8-12(13)9-18(3)10-14(15)16/h11-14,17H,4-10H2,1-3H3. The van der Waals surface area contributed by atoms with Crippen molar-refractivity contribution in [2.45, 2.75) is 52.0 Å². The Morgan fingerprint density at radius 3 is 2.67 bits per heavy atom. The molecule has 3 unspecified atom stereocenters. The number of rotatable bonds is 7. The van der Waals surface area contributed by atoms with Gasteiger partial charge < -0.3 is 10.2 Å². The molecule has 1 aliphatic rings. The molecule has 0 aliphatic heterocycles. The quantitative estimate of drug-likeness (QED) is 0.759. The maximum Gasteiger partial charge on any atom is 0.251 e. The number of hydrogen-bond acceptors (Lipinski definition) is 2. The van der Waals surface area contributed by atoms with E-state index < -0.39 is 6.43 Å². The summed E-state index contributed by atoms with van der Waals surface area (Å²) in [5.74, 6) is 1.25. The van der Waals surface area contributed by atoms with Crippen LogP contribution in [0.5, 0.6) is 0 Å². The monoisotopic (exact) mass is 262 g/mol. The fourth-order valence-corrected chi connectivity index (χ4v) is 3.01. The topological polar surface area (TPSA) is 15.3 Å². The molecule has 1 aliphatic carbocycles. The zero-order valence-corrected chi connectivity index (χ0v) is 12.0. The zero-order chi connectivity index (χ0) is 13.5. The Morgan fingerprint density at radius 2 is 2.06 bits per heavy atom. The molecule has 2 nitrogen and oxygen atoms in total. The molecule has 108 valence electrons. The average molecular weight is 262 g/mol. The van der Waals surface area contributed by atoms with Crippen molar-refractivity contribution in [2.24, 2.45) is 11.8 Å². The van der Waals surface area contributed by atoms with Crippen molar-refractivity contribution in [3.63, 3.8) is 0 Å². The first-order valence-corrected chi connectivity index (χ1v) is 7.23. The first-order valence-electron chi connectivity index (χ1n) is 7.23. The Balaban J connectivity index is 2.45. The highest BCUT2D eigenvalue weighted by atomic mass is 19.3. The number of alkyl halides is 2. The van der Waals surface area contributed by atoms with E-state index in [9.17, 15) is 8.78 Å². The third-order valence-corrected chi connectivity index (χ3v) is 3.90. The predicted octanol–water partition coefficient (Wildman–Crippen LogP) is 2.99. The van der Waals surface area contributed by atoms with Crippen LogP contribution in [0.25, 0.3) is 0 Å². The maximum absolute atomic E-state index is 12.4. The van der Waals surface area contributed by atoms with Crippen LogP contribution in [0.3, 0.4) is 0 Å². The molecule has 0 saturated heterocycles. The molecule has 0 aromatic rings. The molecule has 0 aromatic carbocycles. The van der Waals surface area contributed by atoms with E-state index in [0.29, 0.717) is 12.0 Å². The highest BCUT2D eigenvalue weighted by molar-refractivity contribution is 4.85. The maximum atomic E-state index is 12.4. The van der Waals surface area contributed by atoms with Gasteiger partial charge in [0.25, 0.3) is 6.43 Å². The second kappa shape index (κ2) is 8.05. The lowest BCUT2D eigenvalue weighted by atomic mass is 9.78. The normalized spacial score (nSPS) is 29.2. The smallest absolute Gasteiger partial charge is 0.251 e. The first kappa shape index (κ1) is 15.8. The van der Waals surface area contributed by atoms with Crippen molar-refractivity contribution in [1.82, 2.24) is 10.2 Å². The summed E-state index contributed by atoms with van der Waals surface area (Å²) in [5, 5.41) is 3.59. The Bertz CT molecular complexity index is 222. The molecular weight excluding hydrogens is 234 g/mol. The fraction of sp³-hybridized carbons (Fsp3) is 1.00. The molecule has 1 rings (SSSR count). The van der Waals surface area contributed by atoms with Crippen molar-refractivity contribution in [1.29, 1.82) is 0 Å². The molecule has 0 aromatic heterocycles. The van der Waals surface area contributed by atoms with Gasteiger partial charge in [-0.15, -0.1) is 0 Å². The lowest BCUT2D eigenvalue weighted by molar-refractivity contribution is 0.0796. The molecule has 4 heteroatoms. The van der Waals surface area contributed by atoms with Gasteiger partial charge in [-0.3, -0.25) is 0 Å². The minimum atomic E-state index is -2.22. The van der Waals surface area contributed by atoms with Crippen LogP contribution in [0.4, 0.5) is 8.78 Å². The van der Waals surface area contributed by atoms with E-state index in [0.717, 1.165) is 31.8 Å². The van der Waals surface area contributed by atoms with Gasteiger partial charge in [0.15, 0.2) is 0 Å². The lowest BCUT2D eigenvalue weighted by Crippen LogP contribution is -2.45. The molecule has 0 spiro atoms. The summed E-state index contributed by atoms with van der Waals surface area (Å²) < 4.78 is 24.7. The molecule has 0 heterocycles. The van der Waals surface area contributed by atoms with Gasteiger partial charge in [0.2, 0.25) is 0 Å². The number of hydrogen-bond donors (Lipinski definition) is 1. The second-order valence-corrected chi connectivity index (χ2v) is 5.85. The lowest BCUT2D eigenvalue weighted by Gasteiger charge is -2.37. The van der Waals surface area contributed by atoms with Crippen molar-refractivity contribution < 1.29 is 8.78 Å². The van der Waals surface area contributed by atoms with E-state index in [2.05, 4.69) is 19.2 Å². The van der Waals surface area contributed by atoms with Gasteiger partial charge in [0.05, 0.1) is 6.54 Å². The van der Waals surface area contributed by atoms with Crippen LogP contribution in [0.2, 0.25) is 0 Å². The molecule has 0 bridgehead atoms. The summed E-state index contributed by atoms with van der Waals surface area (Å²) in [6, 6.07) is 0.515. The van der Waals surface area contributed by atoms with Crippen LogP contribution in [0.1, 0.15) is 39.5 Å². The van der Waals surface area contributed by atoms with Crippen molar-refractivity contribution in [2.75, 3.05) is 26.7 Å². The second-order valence-electron chi connectivity index (χ2n) is 5.85. The zero-order valence-electron chi connectivity index (χ0n) is 12.0. The van der Waals surface area contributed by atoms with Gasteiger partial charge in [-0.1, -0.05) is 13.8 Å². The van der Waals surface area contributed by atoms with E-state index in [-0.39, 0.29) is 6.54 Å². The van der Waals surface area contributed by atoms with Gasteiger partial charge in [-0.05, 0) is 51.1 Å². The molecular formula is C14H28F2N2. The van der Waals surface area contributed by atoms with E-state index >= 15 is 0 Å². The molecule has 1 N–H and O–H groups in total. The summed E-state index contributed by atoms with van der Waals surface area (Å²) >= 11 is 0. The Kier molecular flexibility index (Phi) is 7.08. The molecule has 1 fully saturated rings. The van der Waals surface area contributed by atoms with Crippen LogP contribution < -0.4 is 5.32 Å². The summed E-state index contributed by atoms with van der Waals surface area (Å²) in [4.78, 5) is 1.79. The summed E-state index contributed by atoms with van der Waals surface area (Å²) in [6.07, 6.45) is 2.52. The minimum Gasteiger partial charge on any atom is -0.314 e. The number of halogens is 2. The third-order valence-electron chi connectivity index (χ3n) is 3.90. The minimum absolute atomic E-state index is 0.106. The van der Waals surface area contributed by atoms with E-state index in [1.165, 1.54) is 12.8 Å². The Hall–Kier alpha value is -0.220. The Labute approximate surface area is 110 Å². The van der Waals surface area contributed by atoms with Gasteiger partial charge in [-0.2, -0.15) is 0 Å². The van der Waals surface area contributed by atoms with E-state index in [4.69, 9.17) is 0 Å². The molecule has 0 amide bonds. The van der Waals surface area contributed by atoms with Gasteiger partial charge in [0.1, 0.15) is 0 Å². The number of nitrogens with zero attached hydrogens (tertiary/aromatic N) is 1. The first-order chi connectivity index (χ1) is 8.52. The van der Waals surface area contributed by atoms with Crippen LogP contribution in [-0.4, -0.2) is 44.0 Å². The van der Waals surface area contributed by atoms with E-state index in [1.54, 1.807) is 4.90 Å². The van der Waals surface area contributed by atoms with Crippen molar-refractivity contribution in [3.8, 4) is 0 Å². The molecule has 0 radical (unpaired) electrons. The highest BCUT2D eigenvalue weighted by Crippen LogP contribution is 2.29. The average Bonchev–Trinajstić information content (AvgIpc) is 2.26. The van der Waals surface area contributed by atoms with Crippen LogP contribution in [-0.2, 0) is 0 Å². The molecule has 18 heavy (non-hydrogen) atoms. The van der Waals surface area contributed by atoms with Crippen LogP contribution in [0, 0.1) is 11.8 Å². The third kappa shape index (κ3) is 5.61. The summed E-state index contributed by atoms with van der Waals surface area (Å²) in [7, 11) is 1.81. The summed E-state index contributed by atoms with van der Waals surface area (Å²) in [6.45, 7) is 6.15. The SMILES string of the molecule is CCCNC1CCC(C)CC1CN(C)CC(F)F. The van der Waals surface area contributed by atoms with E-state index in [1.807, 2.05) is 7.05 Å². The number of nitrogens with one attached hydrogen (secondary N) is 1.